The van der Waals surface area contributed by atoms with Crippen LogP contribution in [0.3, 0.4) is 0 Å². The van der Waals surface area contributed by atoms with Gasteiger partial charge < -0.3 is 15.4 Å². The van der Waals surface area contributed by atoms with Crippen molar-refractivity contribution < 1.29 is 22.7 Å². The average molecular weight is 413 g/mol. The van der Waals surface area contributed by atoms with Crippen molar-refractivity contribution in [1.82, 2.24) is 5.32 Å². The first-order valence-electron chi connectivity index (χ1n) is 8.82. The lowest BCUT2D eigenvalue weighted by atomic mass is 10.0. The molecular formula is C20H20ClF3N2O2. The van der Waals surface area contributed by atoms with E-state index in [1.165, 1.54) is 6.07 Å². The molecule has 2 N–H and O–H groups in total. The van der Waals surface area contributed by atoms with Gasteiger partial charge in [0, 0.05) is 11.1 Å². The zero-order valence-electron chi connectivity index (χ0n) is 15.1. The first-order valence-corrected chi connectivity index (χ1v) is 9.19. The molecular weight excluding hydrogens is 393 g/mol. The van der Waals surface area contributed by atoms with Gasteiger partial charge in [0.05, 0.1) is 24.9 Å². The minimum Gasteiger partial charge on any atom is -0.497 e. The molecule has 1 unspecified atom stereocenters. The monoisotopic (exact) mass is 412 g/mol. The second kappa shape index (κ2) is 8.41. The van der Waals surface area contributed by atoms with Crippen LogP contribution in [0.4, 0.5) is 18.9 Å². The zero-order valence-corrected chi connectivity index (χ0v) is 15.9. The van der Waals surface area contributed by atoms with Gasteiger partial charge in [0.25, 0.3) is 0 Å². The molecule has 0 aromatic heterocycles. The summed E-state index contributed by atoms with van der Waals surface area (Å²) < 4.78 is 44.6. The number of methoxy groups -OCH3 is 1. The minimum absolute atomic E-state index is 0.0380. The predicted molar refractivity (Wildman–Crippen MR) is 102 cm³/mol. The Morgan fingerprint density at radius 2 is 1.89 bits per heavy atom. The van der Waals surface area contributed by atoms with Crippen molar-refractivity contribution >= 4 is 23.2 Å². The molecule has 150 valence electrons. The van der Waals surface area contributed by atoms with E-state index in [0.717, 1.165) is 36.3 Å². The van der Waals surface area contributed by atoms with Crippen LogP contribution < -0.4 is 15.4 Å². The molecule has 0 saturated heterocycles. The summed E-state index contributed by atoms with van der Waals surface area (Å²) in [4.78, 5) is 12.3. The number of carbonyl (C=O) groups is 1. The molecule has 1 amide bonds. The molecule has 1 aliphatic carbocycles. The van der Waals surface area contributed by atoms with E-state index in [-0.39, 0.29) is 23.3 Å². The molecule has 1 aliphatic rings. The predicted octanol–water partition coefficient (Wildman–Crippen LogP) is 5.05. The minimum atomic E-state index is -4.61. The highest BCUT2D eigenvalue weighted by atomic mass is 35.5. The molecule has 8 heteroatoms. The van der Waals surface area contributed by atoms with Gasteiger partial charge in [-0.2, -0.15) is 13.2 Å². The summed E-state index contributed by atoms with van der Waals surface area (Å²) in [7, 11) is 1.59. The average Bonchev–Trinajstić information content (AvgIpc) is 3.48. The van der Waals surface area contributed by atoms with Gasteiger partial charge in [-0.05, 0) is 54.7 Å². The SMILES string of the molecule is COc1ccc(C(NCC(=O)Nc2ccc(Cl)cc2C(F)(F)F)C2CC2)cc1. The number of ether oxygens (including phenoxy) is 1. The standard InChI is InChI=1S/C20H20ClF3N2O2/c1-28-15-7-4-13(5-8-15)19(12-2-3-12)25-11-18(27)26-17-9-6-14(21)10-16(17)20(22,23)24/h4-10,12,19,25H,2-3,11H2,1H3,(H,26,27). The topological polar surface area (TPSA) is 50.4 Å². The Bertz CT molecular complexity index is 836. The lowest BCUT2D eigenvalue weighted by molar-refractivity contribution is -0.137. The van der Waals surface area contributed by atoms with E-state index in [2.05, 4.69) is 10.6 Å². The Morgan fingerprint density at radius 1 is 1.21 bits per heavy atom. The molecule has 0 spiro atoms. The Balaban J connectivity index is 1.66. The normalized spacial score (nSPS) is 15.2. The van der Waals surface area contributed by atoms with Crippen molar-refractivity contribution in [3.63, 3.8) is 0 Å². The summed E-state index contributed by atoms with van der Waals surface area (Å²) in [6, 6.07) is 10.8. The van der Waals surface area contributed by atoms with Crippen molar-refractivity contribution in [3.05, 3.63) is 58.6 Å². The maximum atomic E-state index is 13.2. The van der Waals surface area contributed by atoms with Crippen molar-refractivity contribution in [2.45, 2.75) is 25.1 Å². The molecule has 0 bridgehead atoms. The number of nitrogens with one attached hydrogen (secondary N) is 2. The van der Waals surface area contributed by atoms with Gasteiger partial charge in [0.15, 0.2) is 0 Å². The molecule has 1 fully saturated rings. The first kappa shape index (κ1) is 20.5. The largest absolute Gasteiger partial charge is 0.497 e. The van der Waals surface area contributed by atoms with Gasteiger partial charge in [-0.3, -0.25) is 4.79 Å². The van der Waals surface area contributed by atoms with E-state index in [9.17, 15) is 18.0 Å². The van der Waals surface area contributed by atoms with Crippen molar-refractivity contribution in [1.29, 1.82) is 0 Å². The highest BCUT2D eigenvalue weighted by Gasteiger charge is 2.35. The highest BCUT2D eigenvalue weighted by Crippen LogP contribution is 2.41. The van der Waals surface area contributed by atoms with Gasteiger partial charge in [-0.15, -0.1) is 0 Å². The molecule has 1 saturated carbocycles. The summed E-state index contributed by atoms with van der Waals surface area (Å²) in [6.07, 6.45) is -2.53. The van der Waals surface area contributed by atoms with Crippen molar-refractivity contribution in [2.24, 2.45) is 5.92 Å². The van der Waals surface area contributed by atoms with E-state index in [4.69, 9.17) is 16.3 Å². The fraction of sp³-hybridized carbons (Fsp3) is 0.350. The van der Waals surface area contributed by atoms with Crippen LogP contribution in [0.25, 0.3) is 0 Å². The fourth-order valence-electron chi connectivity index (χ4n) is 3.05. The van der Waals surface area contributed by atoms with Crippen LogP contribution in [-0.4, -0.2) is 19.6 Å². The first-order chi connectivity index (χ1) is 13.3. The van der Waals surface area contributed by atoms with E-state index < -0.39 is 17.6 Å². The lowest BCUT2D eigenvalue weighted by Gasteiger charge is -2.20. The lowest BCUT2D eigenvalue weighted by Crippen LogP contribution is -2.32. The number of amides is 1. The van der Waals surface area contributed by atoms with Crippen LogP contribution in [0.15, 0.2) is 42.5 Å². The number of halogens is 4. The van der Waals surface area contributed by atoms with Gasteiger partial charge in [-0.25, -0.2) is 0 Å². The summed E-state index contributed by atoms with van der Waals surface area (Å²) >= 11 is 5.66. The van der Waals surface area contributed by atoms with Crippen LogP contribution in [0.1, 0.15) is 30.0 Å². The second-order valence-corrected chi connectivity index (χ2v) is 7.14. The van der Waals surface area contributed by atoms with Crippen molar-refractivity contribution in [3.8, 4) is 5.75 Å². The van der Waals surface area contributed by atoms with Crippen molar-refractivity contribution in [2.75, 3.05) is 19.0 Å². The van der Waals surface area contributed by atoms with Gasteiger partial charge in [0.1, 0.15) is 5.75 Å². The van der Waals surface area contributed by atoms with Crippen LogP contribution in [0.5, 0.6) is 5.75 Å². The van der Waals surface area contributed by atoms with Gasteiger partial charge in [0.2, 0.25) is 5.91 Å². The molecule has 28 heavy (non-hydrogen) atoms. The number of benzene rings is 2. The third kappa shape index (κ3) is 5.17. The number of alkyl halides is 3. The smallest absolute Gasteiger partial charge is 0.418 e. The summed E-state index contributed by atoms with van der Waals surface area (Å²) in [5.74, 6) is 0.591. The summed E-state index contributed by atoms with van der Waals surface area (Å²) in [5, 5.41) is 5.45. The molecule has 2 aromatic rings. The third-order valence-electron chi connectivity index (χ3n) is 4.61. The Morgan fingerprint density at radius 3 is 2.46 bits per heavy atom. The Hall–Kier alpha value is -2.25. The zero-order chi connectivity index (χ0) is 20.3. The number of hydrogen-bond donors (Lipinski definition) is 2. The maximum absolute atomic E-state index is 13.2. The quantitative estimate of drug-likeness (QED) is 0.669. The summed E-state index contributed by atoms with van der Waals surface area (Å²) in [5.41, 5.74) is -0.267. The third-order valence-corrected chi connectivity index (χ3v) is 4.85. The van der Waals surface area contributed by atoms with Crippen LogP contribution in [0.2, 0.25) is 5.02 Å². The molecule has 0 heterocycles. The molecule has 0 aliphatic heterocycles. The number of hydrogen-bond acceptors (Lipinski definition) is 3. The van der Waals surface area contributed by atoms with Crippen LogP contribution in [-0.2, 0) is 11.0 Å². The Labute approximate surface area is 166 Å². The van der Waals surface area contributed by atoms with Crippen LogP contribution >= 0.6 is 11.6 Å². The molecule has 4 nitrogen and oxygen atoms in total. The molecule has 0 radical (unpaired) electrons. The number of anilines is 1. The maximum Gasteiger partial charge on any atom is 0.418 e. The fourth-order valence-corrected chi connectivity index (χ4v) is 3.23. The van der Waals surface area contributed by atoms with Crippen LogP contribution in [0, 0.1) is 5.92 Å². The molecule has 3 rings (SSSR count). The number of rotatable bonds is 7. The van der Waals surface area contributed by atoms with E-state index in [1.54, 1.807) is 7.11 Å². The summed E-state index contributed by atoms with van der Waals surface area (Å²) in [6.45, 7) is -0.104. The van der Waals surface area contributed by atoms with E-state index in [1.807, 2.05) is 24.3 Å². The highest BCUT2D eigenvalue weighted by molar-refractivity contribution is 6.30. The van der Waals surface area contributed by atoms with Gasteiger partial charge in [-0.1, -0.05) is 23.7 Å². The van der Waals surface area contributed by atoms with Gasteiger partial charge >= 0.3 is 6.18 Å². The van der Waals surface area contributed by atoms with E-state index in [0.29, 0.717) is 5.92 Å². The number of carbonyl (C=O) groups excluding carboxylic acids is 1. The molecule has 1 atom stereocenters. The van der Waals surface area contributed by atoms with E-state index >= 15 is 0 Å². The molecule has 2 aromatic carbocycles. The Kier molecular flexibility index (Phi) is 6.15. The second-order valence-electron chi connectivity index (χ2n) is 6.71.